The molecule has 3 aromatic rings. The lowest BCUT2D eigenvalue weighted by Crippen LogP contribution is -3.00. The maximum Gasteiger partial charge on any atom is 0.205 e. The molecular formula is C19H21IN2. The molecule has 0 bridgehead atoms. The molecule has 0 amide bonds. The fraction of sp³-hybridized carbons (Fsp3) is 0.211. The van der Waals surface area contributed by atoms with Crippen molar-refractivity contribution in [3.63, 3.8) is 0 Å². The second-order valence-electron chi connectivity index (χ2n) is 5.22. The molecule has 0 spiro atoms. The van der Waals surface area contributed by atoms with Crippen LogP contribution in [0.3, 0.4) is 0 Å². The average molecular weight is 404 g/mol. The van der Waals surface area contributed by atoms with Gasteiger partial charge in [0.1, 0.15) is 6.54 Å². The summed E-state index contributed by atoms with van der Waals surface area (Å²) in [4.78, 5) is 3.31. The van der Waals surface area contributed by atoms with E-state index in [1.54, 1.807) is 0 Å². The van der Waals surface area contributed by atoms with Crippen LogP contribution in [-0.2, 0) is 13.0 Å². The van der Waals surface area contributed by atoms with Crippen LogP contribution >= 0.6 is 0 Å². The van der Waals surface area contributed by atoms with Crippen LogP contribution in [0.2, 0.25) is 0 Å². The Hall–Kier alpha value is -1.62. The number of hydrogen-bond donors (Lipinski definition) is 1. The fourth-order valence-electron chi connectivity index (χ4n) is 2.65. The zero-order valence-electron chi connectivity index (χ0n) is 13.0. The number of hydrogen-bond acceptors (Lipinski definition) is 0. The highest BCUT2D eigenvalue weighted by Crippen LogP contribution is 2.19. The molecule has 3 heteroatoms. The van der Waals surface area contributed by atoms with Crippen molar-refractivity contribution in [3.8, 4) is 0 Å². The van der Waals surface area contributed by atoms with Gasteiger partial charge in [0.05, 0.1) is 0 Å². The molecule has 0 aliphatic heterocycles. The third-order valence-electron chi connectivity index (χ3n) is 3.93. The van der Waals surface area contributed by atoms with Crippen LogP contribution in [0, 0.1) is 0 Å². The van der Waals surface area contributed by atoms with Crippen molar-refractivity contribution in [1.29, 1.82) is 0 Å². The van der Waals surface area contributed by atoms with Crippen LogP contribution in [0.25, 0.3) is 23.1 Å². The van der Waals surface area contributed by atoms with Crippen LogP contribution in [0.15, 0.2) is 48.8 Å². The molecule has 114 valence electrons. The Bertz CT molecular complexity index is 787. The first-order chi connectivity index (χ1) is 10.3. The Balaban J connectivity index is 0.00000176. The molecular weight excluding hydrogens is 383 g/mol. The Morgan fingerprint density at radius 2 is 1.86 bits per heavy atom. The third kappa shape index (κ3) is 3.40. The van der Waals surface area contributed by atoms with Crippen molar-refractivity contribution >= 4 is 23.1 Å². The van der Waals surface area contributed by atoms with Crippen LogP contribution in [0.5, 0.6) is 0 Å². The molecule has 3 rings (SSSR count). The minimum absolute atomic E-state index is 0. The van der Waals surface area contributed by atoms with Gasteiger partial charge in [-0.25, -0.2) is 0 Å². The third-order valence-corrected chi connectivity index (χ3v) is 3.93. The van der Waals surface area contributed by atoms with Gasteiger partial charge in [-0.2, -0.15) is 4.57 Å². The quantitative estimate of drug-likeness (QED) is 0.499. The van der Waals surface area contributed by atoms with E-state index in [0.717, 1.165) is 13.0 Å². The van der Waals surface area contributed by atoms with Crippen molar-refractivity contribution in [3.05, 3.63) is 65.6 Å². The lowest BCUT2D eigenvalue weighted by atomic mass is 10.1. The summed E-state index contributed by atoms with van der Waals surface area (Å²) >= 11 is 0. The molecule has 0 fully saturated rings. The first kappa shape index (κ1) is 16.7. The first-order valence-electron chi connectivity index (χ1n) is 7.58. The molecule has 1 N–H and O–H groups in total. The van der Waals surface area contributed by atoms with Crippen LogP contribution in [0.1, 0.15) is 30.7 Å². The number of benzene rings is 1. The number of aromatic nitrogens is 2. The number of halogens is 1. The van der Waals surface area contributed by atoms with Crippen LogP contribution < -0.4 is 28.5 Å². The molecule has 1 aromatic carbocycles. The highest BCUT2D eigenvalue weighted by Gasteiger charge is 2.07. The predicted octanol–water partition coefficient (Wildman–Crippen LogP) is 1.21. The van der Waals surface area contributed by atoms with Gasteiger partial charge in [0.2, 0.25) is 5.69 Å². The zero-order chi connectivity index (χ0) is 14.7. The van der Waals surface area contributed by atoms with Crippen molar-refractivity contribution < 1.29 is 28.5 Å². The van der Waals surface area contributed by atoms with E-state index in [-0.39, 0.29) is 24.0 Å². The van der Waals surface area contributed by atoms with Gasteiger partial charge in [-0.05, 0) is 37.1 Å². The minimum Gasteiger partial charge on any atom is -1.00 e. The highest BCUT2D eigenvalue weighted by atomic mass is 127. The number of fused-ring (bicyclic) bond motifs is 1. The molecule has 0 unspecified atom stereocenters. The van der Waals surface area contributed by atoms with E-state index in [1.165, 1.54) is 27.7 Å². The number of rotatable bonds is 4. The molecule has 0 radical (unpaired) electrons. The van der Waals surface area contributed by atoms with E-state index in [4.69, 9.17) is 0 Å². The van der Waals surface area contributed by atoms with E-state index in [0.29, 0.717) is 0 Å². The van der Waals surface area contributed by atoms with Gasteiger partial charge in [-0.1, -0.05) is 25.1 Å². The Morgan fingerprint density at radius 1 is 1.05 bits per heavy atom. The molecule has 2 heterocycles. The van der Waals surface area contributed by atoms with E-state index >= 15 is 0 Å². The van der Waals surface area contributed by atoms with Gasteiger partial charge in [-0.3, -0.25) is 0 Å². The van der Waals surface area contributed by atoms with E-state index in [2.05, 4.69) is 84.3 Å². The summed E-state index contributed by atoms with van der Waals surface area (Å²) < 4.78 is 2.30. The molecule has 2 nitrogen and oxygen atoms in total. The number of H-pyrrole nitrogens is 1. The normalized spacial score (nSPS) is 11.0. The summed E-state index contributed by atoms with van der Waals surface area (Å²) in [5, 5.41) is 1.27. The van der Waals surface area contributed by atoms with Gasteiger partial charge < -0.3 is 29.0 Å². The van der Waals surface area contributed by atoms with Crippen molar-refractivity contribution in [2.75, 3.05) is 0 Å². The highest BCUT2D eigenvalue weighted by molar-refractivity contribution is 5.91. The van der Waals surface area contributed by atoms with Gasteiger partial charge in [0, 0.05) is 34.8 Å². The summed E-state index contributed by atoms with van der Waals surface area (Å²) in [5.41, 5.74) is 5.02. The molecule has 0 aliphatic carbocycles. The lowest BCUT2D eigenvalue weighted by Gasteiger charge is -2.00. The zero-order valence-corrected chi connectivity index (χ0v) is 15.2. The minimum atomic E-state index is 0. The predicted molar refractivity (Wildman–Crippen MR) is 88.9 cm³/mol. The smallest absolute Gasteiger partial charge is 0.205 e. The topological polar surface area (TPSA) is 19.7 Å². The molecule has 0 saturated heterocycles. The van der Waals surface area contributed by atoms with Gasteiger partial charge in [-0.15, -0.1) is 0 Å². The van der Waals surface area contributed by atoms with E-state index < -0.39 is 0 Å². The average Bonchev–Trinajstić information content (AvgIpc) is 2.96. The van der Waals surface area contributed by atoms with Crippen molar-refractivity contribution in [1.82, 2.24) is 4.98 Å². The monoisotopic (exact) mass is 404 g/mol. The number of aromatic amines is 1. The summed E-state index contributed by atoms with van der Waals surface area (Å²) in [6, 6.07) is 12.8. The van der Waals surface area contributed by atoms with Crippen molar-refractivity contribution in [2.24, 2.45) is 0 Å². The van der Waals surface area contributed by atoms with E-state index in [9.17, 15) is 0 Å². The molecule has 0 atom stereocenters. The van der Waals surface area contributed by atoms with E-state index in [1.807, 2.05) is 0 Å². The fourth-order valence-corrected chi connectivity index (χ4v) is 2.65. The summed E-state index contributed by atoms with van der Waals surface area (Å²) in [6.07, 6.45) is 9.77. The van der Waals surface area contributed by atoms with Gasteiger partial charge in [0.15, 0.2) is 6.20 Å². The molecule has 22 heavy (non-hydrogen) atoms. The molecule has 2 aromatic heterocycles. The Morgan fingerprint density at radius 3 is 2.64 bits per heavy atom. The summed E-state index contributed by atoms with van der Waals surface area (Å²) in [6.45, 7) is 5.36. The number of aryl methyl sites for hydroxylation is 2. The maximum absolute atomic E-state index is 3.31. The van der Waals surface area contributed by atoms with Crippen LogP contribution in [-0.4, -0.2) is 4.98 Å². The van der Waals surface area contributed by atoms with Crippen molar-refractivity contribution in [2.45, 2.75) is 26.8 Å². The Kier molecular flexibility index (Phi) is 5.77. The summed E-state index contributed by atoms with van der Waals surface area (Å²) in [5.74, 6) is 0. The maximum atomic E-state index is 3.31. The number of para-hydroxylation sites is 1. The molecule has 0 aliphatic rings. The largest absolute Gasteiger partial charge is 1.00 e. The first-order valence-corrected chi connectivity index (χ1v) is 7.58. The van der Waals surface area contributed by atoms with Gasteiger partial charge in [0.25, 0.3) is 0 Å². The van der Waals surface area contributed by atoms with Gasteiger partial charge >= 0.3 is 0 Å². The standard InChI is InChI=1S/C19H20N2.HI/c1-3-15-9-11-17(21(4-2)14-15)12-10-16-13-20-19-8-6-5-7-18(16)19;/h5-14H,3-4H2,1-2H3;1H. The molecule has 0 saturated carbocycles. The SMILES string of the molecule is CCc1ccc(/C=C/c2c[nH]c3ccccc23)[n+](CC)c1.[I-]. The number of nitrogens with zero attached hydrogens (tertiary/aromatic N) is 1. The Labute approximate surface area is 148 Å². The second-order valence-corrected chi connectivity index (χ2v) is 5.22. The number of nitrogens with one attached hydrogen (secondary N) is 1. The van der Waals surface area contributed by atoms with Crippen LogP contribution in [0.4, 0.5) is 0 Å². The number of pyridine rings is 1. The summed E-state index contributed by atoms with van der Waals surface area (Å²) in [7, 11) is 0. The second kappa shape index (κ2) is 7.58. The lowest BCUT2D eigenvalue weighted by molar-refractivity contribution is -0.695.